The lowest BCUT2D eigenvalue weighted by Gasteiger charge is -2.19. The van der Waals surface area contributed by atoms with Crippen molar-refractivity contribution in [1.29, 1.82) is 0 Å². The second-order valence-electron chi connectivity index (χ2n) is 6.00. The van der Waals surface area contributed by atoms with Crippen molar-refractivity contribution in [2.24, 2.45) is 0 Å². The van der Waals surface area contributed by atoms with Gasteiger partial charge in [0.15, 0.2) is 11.5 Å². The van der Waals surface area contributed by atoms with Crippen LogP contribution in [0.15, 0.2) is 48.5 Å². The number of aryl methyl sites for hydroxylation is 1. The van der Waals surface area contributed by atoms with Crippen LogP contribution in [0.1, 0.15) is 18.4 Å². The molecule has 0 saturated carbocycles. The zero-order valence-electron chi connectivity index (χ0n) is 14.3. The van der Waals surface area contributed by atoms with Crippen molar-refractivity contribution < 1.29 is 14.3 Å². The second kappa shape index (κ2) is 9.08. The molecule has 0 atom stereocenters. The number of hydrogen-bond acceptors (Lipinski definition) is 4. The third-order valence-corrected chi connectivity index (χ3v) is 4.02. The van der Waals surface area contributed by atoms with E-state index in [0.717, 1.165) is 30.8 Å². The minimum Gasteiger partial charge on any atom is -0.486 e. The van der Waals surface area contributed by atoms with Crippen LogP contribution < -0.4 is 20.1 Å². The molecule has 2 N–H and O–H groups in total. The number of carbonyl (C=O) groups is 1. The zero-order valence-corrected chi connectivity index (χ0v) is 14.3. The van der Waals surface area contributed by atoms with Gasteiger partial charge in [-0.05, 0) is 37.1 Å². The van der Waals surface area contributed by atoms with Gasteiger partial charge in [-0.3, -0.25) is 4.79 Å². The van der Waals surface area contributed by atoms with E-state index in [1.54, 1.807) is 6.07 Å². The Labute approximate surface area is 148 Å². The fourth-order valence-electron chi connectivity index (χ4n) is 2.73. The van der Waals surface area contributed by atoms with Gasteiger partial charge in [0.05, 0.1) is 0 Å². The average molecular weight is 340 g/mol. The molecule has 2 aromatic carbocycles. The van der Waals surface area contributed by atoms with E-state index < -0.39 is 0 Å². The minimum atomic E-state index is -0.00719. The molecule has 0 aromatic heterocycles. The van der Waals surface area contributed by atoms with E-state index in [9.17, 15) is 4.79 Å². The van der Waals surface area contributed by atoms with Crippen molar-refractivity contribution in [2.45, 2.75) is 19.3 Å². The highest BCUT2D eigenvalue weighted by molar-refractivity contribution is 5.91. The fraction of sp³-hybridized carbons (Fsp3) is 0.350. The van der Waals surface area contributed by atoms with Gasteiger partial charge >= 0.3 is 0 Å². The van der Waals surface area contributed by atoms with Crippen LogP contribution in [0.2, 0.25) is 0 Å². The normalized spacial score (nSPS) is 12.6. The SMILES string of the molecule is O=C(CCNCCCc1ccccc1)Nc1ccc2c(c1)OCCO2. The van der Waals surface area contributed by atoms with Gasteiger partial charge in [-0.25, -0.2) is 0 Å². The predicted octanol–water partition coefficient (Wildman–Crippen LogP) is 3.01. The van der Waals surface area contributed by atoms with Gasteiger partial charge in [0.2, 0.25) is 5.91 Å². The molecule has 2 aromatic rings. The second-order valence-corrected chi connectivity index (χ2v) is 6.00. The molecule has 0 radical (unpaired) electrons. The van der Waals surface area contributed by atoms with Crippen LogP contribution in [0.25, 0.3) is 0 Å². The Hall–Kier alpha value is -2.53. The highest BCUT2D eigenvalue weighted by Gasteiger charge is 2.12. The number of ether oxygens (including phenoxy) is 2. The summed E-state index contributed by atoms with van der Waals surface area (Å²) in [6.07, 6.45) is 2.56. The van der Waals surface area contributed by atoms with E-state index in [-0.39, 0.29) is 5.91 Å². The molecule has 0 aliphatic carbocycles. The zero-order chi connectivity index (χ0) is 17.3. The Balaban J connectivity index is 1.32. The molecule has 0 unspecified atom stereocenters. The number of benzene rings is 2. The summed E-state index contributed by atoms with van der Waals surface area (Å²) in [5.41, 5.74) is 2.08. The molecular weight excluding hydrogens is 316 g/mol. The number of nitrogens with one attached hydrogen (secondary N) is 2. The molecule has 0 spiro atoms. The Kier molecular flexibility index (Phi) is 6.29. The van der Waals surface area contributed by atoms with Crippen LogP contribution in [0.5, 0.6) is 11.5 Å². The summed E-state index contributed by atoms with van der Waals surface area (Å²) in [4.78, 5) is 12.0. The molecular formula is C20H24N2O3. The third kappa shape index (κ3) is 5.50. The quantitative estimate of drug-likeness (QED) is 0.725. The first-order valence-corrected chi connectivity index (χ1v) is 8.75. The number of rotatable bonds is 8. The summed E-state index contributed by atoms with van der Waals surface area (Å²) in [6, 6.07) is 15.9. The first-order valence-electron chi connectivity index (χ1n) is 8.75. The molecule has 5 nitrogen and oxygen atoms in total. The van der Waals surface area contributed by atoms with Gasteiger partial charge in [0.25, 0.3) is 0 Å². The van der Waals surface area contributed by atoms with Crippen molar-refractivity contribution in [1.82, 2.24) is 5.32 Å². The summed E-state index contributed by atoms with van der Waals surface area (Å²) in [5.74, 6) is 1.40. The summed E-state index contributed by atoms with van der Waals surface area (Å²) in [7, 11) is 0. The van der Waals surface area contributed by atoms with Crippen LogP contribution in [-0.2, 0) is 11.2 Å². The molecule has 5 heteroatoms. The fourth-order valence-corrected chi connectivity index (χ4v) is 2.73. The van der Waals surface area contributed by atoms with Gasteiger partial charge in [0, 0.05) is 24.7 Å². The largest absolute Gasteiger partial charge is 0.486 e. The highest BCUT2D eigenvalue weighted by atomic mass is 16.6. The van der Waals surface area contributed by atoms with Crippen LogP contribution in [0.3, 0.4) is 0 Å². The van der Waals surface area contributed by atoms with Crippen LogP contribution in [0.4, 0.5) is 5.69 Å². The number of carbonyl (C=O) groups excluding carboxylic acids is 1. The van der Waals surface area contributed by atoms with E-state index in [0.29, 0.717) is 31.9 Å². The smallest absolute Gasteiger partial charge is 0.225 e. The maximum Gasteiger partial charge on any atom is 0.225 e. The van der Waals surface area contributed by atoms with Crippen molar-refractivity contribution in [3.05, 3.63) is 54.1 Å². The van der Waals surface area contributed by atoms with E-state index in [1.165, 1.54) is 5.56 Å². The predicted molar refractivity (Wildman–Crippen MR) is 98.3 cm³/mol. The Morgan fingerprint density at radius 3 is 2.60 bits per heavy atom. The van der Waals surface area contributed by atoms with E-state index >= 15 is 0 Å². The lowest BCUT2D eigenvalue weighted by atomic mass is 10.1. The molecule has 1 amide bonds. The van der Waals surface area contributed by atoms with Gasteiger partial charge in [-0.1, -0.05) is 30.3 Å². The lowest BCUT2D eigenvalue weighted by molar-refractivity contribution is -0.116. The van der Waals surface area contributed by atoms with Gasteiger partial charge in [0.1, 0.15) is 13.2 Å². The standard InChI is InChI=1S/C20H24N2O3/c23-20(10-12-21-11-4-7-16-5-2-1-3-6-16)22-17-8-9-18-19(15-17)25-14-13-24-18/h1-3,5-6,8-9,15,21H,4,7,10-14H2,(H,22,23). The Bertz CT molecular complexity index is 689. The number of anilines is 1. The first-order chi connectivity index (χ1) is 12.3. The number of hydrogen-bond donors (Lipinski definition) is 2. The van der Waals surface area contributed by atoms with Gasteiger partial charge in [-0.15, -0.1) is 0 Å². The number of amides is 1. The topological polar surface area (TPSA) is 59.6 Å². The molecule has 3 rings (SSSR count). The maximum absolute atomic E-state index is 12.0. The minimum absolute atomic E-state index is 0.00719. The summed E-state index contributed by atoms with van der Waals surface area (Å²) in [6.45, 7) is 2.68. The van der Waals surface area contributed by atoms with E-state index in [2.05, 4.69) is 34.9 Å². The van der Waals surface area contributed by atoms with Crippen molar-refractivity contribution in [3.63, 3.8) is 0 Å². The summed E-state index contributed by atoms with van der Waals surface area (Å²) >= 11 is 0. The molecule has 0 saturated heterocycles. The molecule has 1 aliphatic rings. The third-order valence-electron chi connectivity index (χ3n) is 4.02. The lowest BCUT2D eigenvalue weighted by Crippen LogP contribution is -2.23. The Morgan fingerprint density at radius 2 is 1.76 bits per heavy atom. The van der Waals surface area contributed by atoms with Crippen molar-refractivity contribution in [3.8, 4) is 11.5 Å². The molecule has 1 aliphatic heterocycles. The van der Waals surface area contributed by atoms with Gasteiger partial charge in [-0.2, -0.15) is 0 Å². The Morgan fingerprint density at radius 1 is 0.960 bits per heavy atom. The highest BCUT2D eigenvalue weighted by Crippen LogP contribution is 2.32. The van der Waals surface area contributed by atoms with Crippen LogP contribution in [0, 0.1) is 0 Å². The summed E-state index contributed by atoms with van der Waals surface area (Å²) < 4.78 is 11.0. The molecule has 132 valence electrons. The molecule has 25 heavy (non-hydrogen) atoms. The maximum atomic E-state index is 12.0. The van der Waals surface area contributed by atoms with Gasteiger partial charge < -0.3 is 20.1 Å². The molecule has 0 bridgehead atoms. The van der Waals surface area contributed by atoms with Crippen LogP contribution in [-0.4, -0.2) is 32.2 Å². The monoisotopic (exact) mass is 340 g/mol. The summed E-state index contributed by atoms with van der Waals surface area (Å²) in [5, 5.41) is 6.21. The van der Waals surface area contributed by atoms with E-state index in [1.807, 2.05) is 18.2 Å². The van der Waals surface area contributed by atoms with E-state index in [4.69, 9.17) is 9.47 Å². The van der Waals surface area contributed by atoms with Crippen molar-refractivity contribution in [2.75, 3.05) is 31.6 Å². The first kappa shape index (κ1) is 17.3. The molecule has 0 fully saturated rings. The van der Waals surface area contributed by atoms with Crippen molar-refractivity contribution >= 4 is 11.6 Å². The number of fused-ring (bicyclic) bond motifs is 1. The van der Waals surface area contributed by atoms with Crippen LogP contribution >= 0.6 is 0 Å². The average Bonchev–Trinajstić information content (AvgIpc) is 2.65. The molecule has 1 heterocycles.